The fourth-order valence-corrected chi connectivity index (χ4v) is 2.05. The highest BCUT2D eigenvalue weighted by Crippen LogP contribution is 2.17. The molecule has 2 aromatic rings. The summed E-state index contributed by atoms with van der Waals surface area (Å²) in [6, 6.07) is 15.1. The Bertz CT molecular complexity index is 660. The molecule has 114 valence electrons. The van der Waals surface area contributed by atoms with Crippen LogP contribution in [0.4, 0.5) is 11.4 Å². The molecule has 0 spiro atoms. The molecule has 2 aromatic carbocycles. The van der Waals surface area contributed by atoms with Crippen molar-refractivity contribution in [1.82, 2.24) is 0 Å². The molecule has 0 aliphatic rings. The maximum atomic E-state index is 12.0. The van der Waals surface area contributed by atoms with Crippen LogP contribution in [-0.2, 0) is 16.0 Å². The number of carbonyl (C=O) groups is 2. The van der Waals surface area contributed by atoms with E-state index >= 15 is 0 Å². The molecule has 2 amide bonds. The van der Waals surface area contributed by atoms with Gasteiger partial charge in [-0.2, -0.15) is 0 Å². The number of nitrogens with zero attached hydrogens (tertiary/aromatic N) is 1. The molecule has 0 unspecified atom stereocenters. The van der Waals surface area contributed by atoms with E-state index in [0.29, 0.717) is 6.42 Å². The maximum Gasteiger partial charge on any atom is 0.228 e. The first-order valence-electron chi connectivity index (χ1n) is 7.15. The van der Waals surface area contributed by atoms with Gasteiger partial charge in [-0.1, -0.05) is 29.8 Å². The first-order chi connectivity index (χ1) is 10.5. The molecule has 0 aliphatic heterocycles. The highest BCUT2D eigenvalue weighted by atomic mass is 16.2. The SMILES string of the molecule is CC(=O)N(C)c1ccc(NC(=O)Cc2ccc(C)cc2)cc1. The first kappa shape index (κ1) is 15.8. The molecule has 0 fully saturated rings. The summed E-state index contributed by atoms with van der Waals surface area (Å²) in [6.07, 6.45) is 0.343. The van der Waals surface area contributed by atoms with E-state index < -0.39 is 0 Å². The quantitative estimate of drug-likeness (QED) is 0.942. The lowest BCUT2D eigenvalue weighted by atomic mass is 10.1. The van der Waals surface area contributed by atoms with Crippen molar-refractivity contribution in [2.45, 2.75) is 20.3 Å². The number of benzene rings is 2. The molecule has 0 bridgehead atoms. The second kappa shape index (κ2) is 6.89. The molecule has 2 rings (SSSR count). The Morgan fingerprint density at radius 3 is 2.14 bits per heavy atom. The minimum atomic E-state index is -0.0588. The normalized spacial score (nSPS) is 10.1. The van der Waals surface area contributed by atoms with Crippen LogP contribution in [0.2, 0.25) is 0 Å². The number of amides is 2. The number of hydrogen-bond acceptors (Lipinski definition) is 2. The average Bonchev–Trinajstić information content (AvgIpc) is 2.49. The molecular weight excluding hydrogens is 276 g/mol. The van der Waals surface area contributed by atoms with E-state index in [1.807, 2.05) is 43.3 Å². The lowest BCUT2D eigenvalue weighted by Gasteiger charge is -2.15. The van der Waals surface area contributed by atoms with Crippen molar-refractivity contribution < 1.29 is 9.59 Å². The summed E-state index contributed by atoms with van der Waals surface area (Å²) in [5, 5.41) is 2.86. The molecule has 0 saturated carbocycles. The molecule has 4 nitrogen and oxygen atoms in total. The van der Waals surface area contributed by atoms with Gasteiger partial charge in [0.25, 0.3) is 0 Å². The zero-order valence-electron chi connectivity index (χ0n) is 13.1. The standard InChI is InChI=1S/C18H20N2O2/c1-13-4-6-15(7-5-13)12-18(22)19-16-8-10-17(11-9-16)20(3)14(2)21/h4-11H,12H2,1-3H3,(H,19,22). The topological polar surface area (TPSA) is 49.4 Å². The lowest BCUT2D eigenvalue weighted by molar-refractivity contribution is -0.116. The fourth-order valence-electron chi connectivity index (χ4n) is 2.05. The fraction of sp³-hybridized carbons (Fsp3) is 0.222. The van der Waals surface area contributed by atoms with Gasteiger partial charge in [0, 0.05) is 25.3 Å². The van der Waals surface area contributed by atoms with Gasteiger partial charge >= 0.3 is 0 Å². The Morgan fingerprint density at radius 1 is 1.00 bits per heavy atom. The van der Waals surface area contributed by atoms with Crippen LogP contribution in [0.3, 0.4) is 0 Å². The number of hydrogen-bond donors (Lipinski definition) is 1. The van der Waals surface area contributed by atoms with Gasteiger partial charge < -0.3 is 10.2 Å². The van der Waals surface area contributed by atoms with Crippen molar-refractivity contribution in [2.24, 2.45) is 0 Å². The minimum absolute atomic E-state index is 0.0313. The van der Waals surface area contributed by atoms with Crippen LogP contribution in [0.15, 0.2) is 48.5 Å². The summed E-state index contributed by atoms with van der Waals surface area (Å²) in [6.45, 7) is 3.53. The average molecular weight is 296 g/mol. The Morgan fingerprint density at radius 2 is 1.59 bits per heavy atom. The Labute approximate surface area is 130 Å². The third-order valence-corrected chi connectivity index (χ3v) is 3.50. The van der Waals surface area contributed by atoms with Gasteiger partial charge in [-0.15, -0.1) is 0 Å². The number of aryl methyl sites for hydroxylation is 1. The van der Waals surface area contributed by atoms with Crippen LogP contribution in [0.5, 0.6) is 0 Å². The Hall–Kier alpha value is -2.62. The zero-order chi connectivity index (χ0) is 16.1. The first-order valence-corrected chi connectivity index (χ1v) is 7.15. The molecule has 0 aromatic heterocycles. The summed E-state index contributed by atoms with van der Waals surface area (Å²) in [4.78, 5) is 24.9. The van der Waals surface area contributed by atoms with Crippen molar-refractivity contribution in [1.29, 1.82) is 0 Å². The number of rotatable bonds is 4. The highest BCUT2D eigenvalue weighted by Gasteiger charge is 2.07. The lowest BCUT2D eigenvalue weighted by Crippen LogP contribution is -2.22. The third-order valence-electron chi connectivity index (χ3n) is 3.50. The minimum Gasteiger partial charge on any atom is -0.326 e. The molecule has 1 N–H and O–H groups in total. The summed E-state index contributed by atoms with van der Waals surface area (Å²) in [7, 11) is 1.72. The second-order valence-corrected chi connectivity index (χ2v) is 5.34. The predicted octanol–water partition coefficient (Wildman–Crippen LogP) is 3.16. The van der Waals surface area contributed by atoms with E-state index in [4.69, 9.17) is 0 Å². The number of nitrogens with one attached hydrogen (secondary N) is 1. The number of anilines is 2. The van der Waals surface area contributed by atoms with Gasteiger partial charge in [-0.05, 0) is 36.8 Å². The van der Waals surface area contributed by atoms with E-state index in [0.717, 1.165) is 16.9 Å². The summed E-state index contributed by atoms with van der Waals surface area (Å²) in [5.41, 5.74) is 3.67. The monoisotopic (exact) mass is 296 g/mol. The molecule has 0 aliphatic carbocycles. The zero-order valence-corrected chi connectivity index (χ0v) is 13.1. The smallest absolute Gasteiger partial charge is 0.228 e. The van der Waals surface area contributed by atoms with Crippen LogP contribution < -0.4 is 10.2 Å². The van der Waals surface area contributed by atoms with Crippen molar-refractivity contribution in [3.63, 3.8) is 0 Å². The van der Waals surface area contributed by atoms with Crippen LogP contribution in [0.25, 0.3) is 0 Å². The van der Waals surface area contributed by atoms with Crippen molar-refractivity contribution >= 4 is 23.2 Å². The van der Waals surface area contributed by atoms with Crippen molar-refractivity contribution in [3.8, 4) is 0 Å². The summed E-state index contributed by atoms with van der Waals surface area (Å²) >= 11 is 0. The van der Waals surface area contributed by atoms with E-state index in [1.54, 1.807) is 24.1 Å². The van der Waals surface area contributed by atoms with Gasteiger partial charge in [-0.3, -0.25) is 9.59 Å². The molecule has 0 saturated heterocycles. The van der Waals surface area contributed by atoms with Gasteiger partial charge in [0.05, 0.1) is 6.42 Å². The summed E-state index contributed by atoms with van der Waals surface area (Å²) < 4.78 is 0. The van der Waals surface area contributed by atoms with Crippen LogP contribution in [0.1, 0.15) is 18.1 Å². The Kier molecular flexibility index (Phi) is 4.94. The highest BCUT2D eigenvalue weighted by molar-refractivity contribution is 5.93. The van der Waals surface area contributed by atoms with Crippen molar-refractivity contribution in [2.75, 3.05) is 17.3 Å². The second-order valence-electron chi connectivity index (χ2n) is 5.34. The van der Waals surface area contributed by atoms with Crippen LogP contribution >= 0.6 is 0 Å². The third kappa shape index (κ3) is 4.19. The maximum absolute atomic E-state index is 12.0. The van der Waals surface area contributed by atoms with Crippen LogP contribution in [-0.4, -0.2) is 18.9 Å². The van der Waals surface area contributed by atoms with E-state index in [-0.39, 0.29) is 11.8 Å². The molecule has 22 heavy (non-hydrogen) atoms. The molecule has 0 heterocycles. The van der Waals surface area contributed by atoms with Gasteiger partial charge in [0.2, 0.25) is 11.8 Å². The van der Waals surface area contributed by atoms with Crippen LogP contribution in [0, 0.1) is 6.92 Å². The largest absolute Gasteiger partial charge is 0.326 e. The molecule has 4 heteroatoms. The Balaban J connectivity index is 1.97. The summed E-state index contributed by atoms with van der Waals surface area (Å²) in [5.74, 6) is -0.0901. The predicted molar refractivity (Wildman–Crippen MR) is 89.0 cm³/mol. The molecular formula is C18H20N2O2. The number of carbonyl (C=O) groups excluding carboxylic acids is 2. The molecule has 0 atom stereocenters. The molecule has 0 radical (unpaired) electrons. The van der Waals surface area contributed by atoms with Gasteiger partial charge in [0.1, 0.15) is 0 Å². The van der Waals surface area contributed by atoms with E-state index in [2.05, 4.69) is 5.32 Å². The van der Waals surface area contributed by atoms with E-state index in [9.17, 15) is 9.59 Å². The van der Waals surface area contributed by atoms with Gasteiger partial charge in [-0.25, -0.2) is 0 Å². The van der Waals surface area contributed by atoms with E-state index in [1.165, 1.54) is 12.5 Å². The van der Waals surface area contributed by atoms with Crippen molar-refractivity contribution in [3.05, 3.63) is 59.7 Å². The van der Waals surface area contributed by atoms with Gasteiger partial charge in [0.15, 0.2) is 0 Å².